The molecule has 0 aliphatic carbocycles. The summed E-state index contributed by atoms with van der Waals surface area (Å²) in [6.07, 6.45) is 4.68. The molecule has 2 heterocycles. The average Bonchev–Trinajstić information content (AvgIpc) is 3.22. The van der Waals surface area contributed by atoms with Crippen molar-refractivity contribution in [1.29, 1.82) is 0 Å². The van der Waals surface area contributed by atoms with Crippen molar-refractivity contribution in [3.8, 4) is 0 Å². The van der Waals surface area contributed by atoms with Crippen LogP contribution in [-0.4, -0.2) is 35.3 Å². The number of amides is 1. The highest BCUT2D eigenvalue weighted by Gasteiger charge is 2.29. The fourth-order valence-electron chi connectivity index (χ4n) is 3.16. The summed E-state index contributed by atoms with van der Waals surface area (Å²) in [5.74, 6) is 0.967. The minimum atomic E-state index is 0.0518. The molecule has 0 bridgehead atoms. The Kier molecular flexibility index (Phi) is 5.58. The zero-order valence-corrected chi connectivity index (χ0v) is 14.9. The van der Waals surface area contributed by atoms with Gasteiger partial charge < -0.3 is 9.84 Å². The van der Waals surface area contributed by atoms with Gasteiger partial charge in [0.1, 0.15) is 0 Å². The lowest BCUT2D eigenvalue weighted by molar-refractivity contribution is -0.116. The Bertz CT molecular complexity index is 701. The predicted octanol–water partition coefficient (Wildman–Crippen LogP) is 3.87. The number of thioether (sulfide) groups is 1. The van der Waals surface area contributed by atoms with E-state index in [1.54, 1.807) is 11.8 Å². The Labute approximate surface area is 146 Å². The topological polar surface area (TPSA) is 58.4 Å². The van der Waals surface area contributed by atoms with Gasteiger partial charge in [-0.2, -0.15) is 0 Å². The monoisotopic (exact) mass is 345 g/mol. The molecule has 0 radical (unpaired) electrons. The molecule has 1 aromatic carbocycles. The molecule has 0 saturated carbocycles. The number of aryl methyl sites for hydroxylation is 1. The summed E-state index contributed by atoms with van der Waals surface area (Å²) in [5.41, 5.74) is 1.79. The molecule has 24 heavy (non-hydrogen) atoms. The van der Waals surface area contributed by atoms with E-state index in [-0.39, 0.29) is 11.9 Å². The van der Waals surface area contributed by atoms with E-state index >= 15 is 0 Å². The first kappa shape index (κ1) is 17.0. The minimum Gasteiger partial charge on any atom is -0.359 e. The molecule has 3 rings (SSSR count). The van der Waals surface area contributed by atoms with Crippen molar-refractivity contribution in [2.24, 2.45) is 0 Å². The number of benzene rings is 1. The molecule has 1 saturated heterocycles. The van der Waals surface area contributed by atoms with Crippen molar-refractivity contribution >= 4 is 23.4 Å². The predicted molar refractivity (Wildman–Crippen MR) is 96.3 cm³/mol. The first-order valence-electron chi connectivity index (χ1n) is 8.27. The second-order valence-electron chi connectivity index (χ2n) is 6.06. The number of rotatable bonds is 6. The molecule has 1 atom stereocenters. The van der Waals surface area contributed by atoms with Crippen molar-refractivity contribution in [3.05, 3.63) is 41.8 Å². The van der Waals surface area contributed by atoms with Gasteiger partial charge in [0.05, 0.1) is 17.4 Å². The number of nitrogens with zero attached hydrogens (tertiary/aromatic N) is 2. The quantitative estimate of drug-likeness (QED) is 0.806. The molecule has 128 valence electrons. The van der Waals surface area contributed by atoms with E-state index in [0.717, 1.165) is 48.0 Å². The highest BCUT2D eigenvalue weighted by Crippen LogP contribution is 2.32. The second-order valence-corrected chi connectivity index (χ2v) is 6.91. The van der Waals surface area contributed by atoms with Crippen LogP contribution in [0.4, 0.5) is 5.69 Å². The standard InChI is InChI=1S/C18H23N3O2S/c1-13-12-16(23-20-13)15-7-5-10-21(15)11-9-18(22)19-14-6-3-4-8-17(14)24-2/h3-4,6,8,12,15H,5,7,9-11H2,1-2H3,(H,19,22)/t15-/m1/s1. The van der Waals surface area contributed by atoms with E-state index in [4.69, 9.17) is 4.52 Å². The van der Waals surface area contributed by atoms with Gasteiger partial charge in [0.2, 0.25) is 5.91 Å². The molecule has 1 amide bonds. The fraction of sp³-hybridized carbons (Fsp3) is 0.444. The van der Waals surface area contributed by atoms with Crippen LogP contribution in [0.3, 0.4) is 0 Å². The fourth-order valence-corrected chi connectivity index (χ4v) is 3.72. The molecule has 1 aliphatic heterocycles. The van der Waals surface area contributed by atoms with Gasteiger partial charge in [-0.25, -0.2) is 0 Å². The lowest BCUT2D eigenvalue weighted by atomic mass is 10.1. The van der Waals surface area contributed by atoms with E-state index < -0.39 is 0 Å². The van der Waals surface area contributed by atoms with E-state index in [0.29, 0.717) is 6.42 Å². The van der Waals surface area contributed by atoms with Gasteiger partial charge in [-0.15, -0.1) is 11.8 Å². The zero-order valence-electron chi connectivity index (χ0n) is 14.1. The molecule has 5 nitrogen and oxygen atoms in total. The third-order valence-electron chi connectivity index (χ3n) is 4.35. The molecular weight excluding hydrogens is 322 g/mol. The lowest BCUT2D eigenvalue weighted by Gasteiger charge is -2.22. The van der Waals surface area contributed by atoms with Crippen LogP contribution in [0.25, 0.3) is 0 Å². The van der Waals surface area contributed by atoms with E-state index in [1.807, 2.05) is 43.5 Å². The maximum atomic E-state index is 12.3. The molecule has 0 unspecified atom stereocenters. The summed E-state index contributed by atoms with van der Waals surface area (Å²) in [6.45, 7) is 3.67. The number of anilines is 1. The summed E-state index contributed by atoms with van der Waals surface area (Å²) in [5, 5.41) is 7.00. The van der Waals surface area contributed by atoms with Crippen molar-refractivity contribution < 1.29 is 9.32 Å². The molecule has 1 fully saturated rings. The summed E-state index contributed by atoms with van der Waals surface area (Å²) in [4.78, 5) is 15.7. The van der Waals surface area contributed by atoms with Crippen LogP contribution in [-0.2, 0) is 4.79 Å². The third-order valence-corrected chi connectivity index (χ3v) is 5.14. The highest BCUT2D eigenvalue weighted by atomic mass is 32.2. The van der Waals surface area contributed by atoms with Crippen LogP contribution >= 0.6 is 11.8 Å². The Morgan fingerprint density at radius 2 is 2.29 bits per heavy atom. The summed E-state index contributed by atoms with van der Waals surface area (Å²) < 4.78 is 5.42. The maximum absolute atomic E-state index is 12.3. The summed E-state index contributed by atoms with van der Waals surface area (Å²) in [6, 6.07) is 10.1. The van der Waals surface area contributed by atoms with Crippen LogP contribution in [0.1, 0.15) is 36.8 Å². The number of carbonyl (C=O) groups excluding carboxylic acids is 1. The Hall–Kier alpha value is -1.79. The molecule has 1 N–H and O–H groups in total. The van der Waals surface area contributed by atoms with Gasteiger partial charge in [-0.3, -0.25) is 9.69 Å². The molecule has 0 spiro atoms. The Balaban J connectivity index is 1.56. The Morgan fingerprint density at radius 3 is 3.04 bits per heavy atom. The molecule has 1 aliphatic rings. The summed E-state index contributed by atoms with van der Waals surface area (Å²) in [7, 11) is 0. The molecule has 1 aromatic heterocycles. The molecule has 6 heteroatoms. The minimum absolute atomic E-state index is 0.0518. The van der Waals surface area contributed by atoms with Gasteiger partial charge in [0.25, 0.3) is 0 Å². The van der Waals surface area contributed by atoms with Crippen LogP contribution in [0.15, 0.2) is 39.8 Å². The first-order chi connectivity index (χ1) is 11.7. The van der Waals surface area contributed by atoms with Gasteiger partial charge in [-0.05, 0) is 44.7 Å². The zero-order chi connectivity index (χ0) is 16.9. The smallest absolute Gasteiger partial charge is 0.225 e. The van der Waals surface area contributed by atoms with Crippen LogP contribution in [0.2, 0.25) is 0 Å². The largest absolute Gasteiger partial charge is 0.359 e. The number of hydrogen-bond donors (Lipinski definition) is 1. The number of aromatic nitrogens is 1. The van der Waals surface area contributed by atoms with Crippen molar-refractivity contribution in [3.63, 3.8) is 0 Å². The Morgan fingerprint density at radius 1 is 1.46 bits per heavy atom. The average molecular weight is 345 g/mol. The van der Waals surface area contributed by atoms with Crippen molar-refractivity contribution in [1.82, 2.24) is 10.1 Å². The summed E-state index contributed by atoms with van der Waals surface area (Å²) >= 11 is 1.64. The van der Waals surface area contributed by atoms with Crippen LogP contribution in [0, 0.1) is 6.92 Å². The molecular formula is C18H23N3O2S. The number of likely N-dealkylation sites (tertiary alicyclic amines) is 1. The van der Waals surface area contributed by atoms with Crippen molar-refractivity contribution in [2.75, 3.05) is 24.7 Å². The van der Waals surface area contributed by atoms with E-state index in [9.17, 15) is 4.79 Å². The normalized spacial score (nSPS) is 18.0. The number of hydrogen-bond acceptors (Lipinski definition) is 5. The lowest BCUT2D eigenvalue weighted by Crippen LogP contribution is -2.27. The molecule has 2 aromatic rings. The van der Waals surface area contributed by atoms with Gasteiger partial charge >= 0.3 is 0 Å². The number of nitrogens with one attached hydrogen (secondary N) is 1. The van der Waals surface area contributed by atoms with Crippen LogP contribution in [0.5, 0.6) is 0 Å². The second kappa shape index (κ2) is 7.85. The maximum Gasteiger partial charge on any atom is 0.225 e. The first-order valence-corrected chi connectivity index (χ1v) is 9.50. The van der Waals surface area contributed by atoms with Gasteiger partial charge in [0.15, 0.2) is 5.76 Å². The van der Waals surface area contributed by atoms with Crippen LogP contribution < -0.4 is 5.32 Å². The van der Waals surface area contributed by atoms with Gasteiger partial charge in [-0.1, -0.05) is 17.3 Å². The number of carbonyl (C=O) groups is 1. The van der Waals surface area contributed by atoms with Gasteiger partial charge in [0, 0.05) is 23.9 Å². The van der Waals surface area contributed by atoms with E-state index in [2.05, 4.69) is 15.4 Å². The van der Waals surface area contributed by atoms with E-state index in [1.165, 1.54) is 0 Å². The highest BCUT2D eigenvalue weighted by molar-refractivity contribution is 7.98. The third kappa shape index (κ3) is 3.99. The van der Waals surface area contributed by atoms with Crippen molar-refractivity contribution in [2.45, 2.75) is 37.1 Å². The SMILES string of the molecule is CSc1ccccc1NC(=O)CCN1CCC[C@@H]1c1cc(C)no1. The number of para-hydroxylation sites is 1.